The van der Waals surface area contributed by atoms with Gasteiger partial charge in [0.15, 0.2) is 11.5 Å². The molecule has 1 atom stereocenters. The molecule has 0 saturated carbocycles. The Kier molecular flexibility index (Phi) is 7.68. The van der Waals surface area contributed by atoms with Crippen LogP contribution in [-0.2, 0) is 4.79 Å². The third kappa shape index (κ3) is 6.19. The number of hydrogen-bond donors (Lipinski definition) is 1. The number of carbonyl (C=O) groups is 1. The van der Waals surface area contributed by atoms with Crippen molar-refractivity contribution in [2.24, 2.45) is 5.92 Å². The van der Waals surface area contributed by atoms with E-state index in [1.54, 1.807) is 12.1 Å². The summed E-state index contributed by atoms with van der Waals surface area (Å²) in [5.41, 5.74) is 1.82. The van der Waals surface area contributed by atoms with Crippen LogP contribution in [0.1, 0.15) is 12.0 Å². The van der Waals surface area contributed by atoms with Gasteiger partial charge in [-0.05, 0) is 54.3 Å². The van der Waals surface area contributed by atoms with Gasteiger partial charge in [0.2, 0.25) is 5.91 Å². The minimum absolute atomic E-state index is 0.0506. The molecular weight excluding hydrogens is 458 g/mol. The van der Waals surface area contributed by atoms with Gasteiger partial charge in [-0.1, -0.05) is 28.1 Å². The van der Waals surface area contributed by atoms with Crippen molar-refractivity contribution in [3.05, 3.63) is 58.6 Å². The Morgan fingerprint density at radius 2 is 2.13 bits per heavy atom. The van der Waals surface area contributed by atoms with Crippen LogP contribution in [0.25, 0.3) is 6.08 Å². The van der Waals surface area contributed by atoms with Gasteiger partial charge in [0, 0.05) is 35.9 Å². The van der Waals surface area contributed by atoms with E-state index in [0.717, 1.165) is 24.0 Å². The normalized spacial score (nSPS) is 16.3. The number of rotatable bonds is 8. The van der Waals surface area contributed by atoms with Crippen molar-refractivity contribution in [1.29, 1.82) is 0 Å². The Labute approximate surface area is 182 Å². The molecule has 3 rings (SSSR count). The van der Waals surface area contributed by atoms with Gasteiger partial charge < -0.3 is 19.7 Å². The van der Waals surface area contributed by atoms with Gasteiger partial charge in [0.25, 0.3) is 0 Å². The van der Waals surface area contributed by atoms with E-state index in [4.69, 9.17) is 4.74 Å². The zero-order valence-electron chi connectivity index (χ0n) is 16.5. The lowest BCUT2D eigenvalue weighted by Crippen LogP contribution is -2.29. The molecular formula is C22H23BrF2N2O3. The molecule has 0 aromatic heterocycles. The molecule has 1 aliphatic rings. The Morgan fingerprint density at radius 3 is 2.87 bits per heavy atom. The number of methoxy groups -OCH3 is 1. The molecule has 1 saturated heterocycles. The van der Waals surface area contributed by atoms with Crippen molar-refractivity contribution in [3.63, 3.8) is 0 Å². The number of nitrogens with one attached hydrogen (secondary N) is 1. The molecule has 1 aliphatic heterocycles. The van der Waals surface area contributed by atoms with Gasteiger partial charge >= 0.3 is 6.61 Å². The van der Waals surface area contributed by atoms with E-state index in [-0.39, 0.29) is 17.4 Å². The molecule has 160 valence electrons. The summed E-state index contributed by atoms with van der Waals surface area (Å²) >= 11 is 3.49. The number of halogens is 3. The molecule has 0 aliphatic carbocycles. The summed E-state index contributed by atoms with van der Waals surface area (Å²) in [4.78, 5) is 14.5. The van der Waals surface area contributed by atoms with Crippen LogP contribution in [0, 0.1) is 5.92 Å². The average Bonchev–Trinajstić information content (AvgIpc) is 3.20. The van der Waals surface area contributed by atoms with Gasteiger partial charge in [-0.25, -0.2) is 0 Å². The molecule has 1 N–H and O–H groups in total. The van der Waals surface area contributed by atoms with Gasteiger partial charge in [0.1, 0.15) is 0 Å². The van der Waals surface area contributed by atoms with Crippen LogP contribution < -0.4 is 19.7 Å². The van der Waals surface area contributed by atoms with Crippen molar-refractivity contribution in [1.82, 2.24) is 5.32 Å². The molecule has 2 aromatic rings. The number of carbonyl (C=O) groups excluding carboxylic acids is 1. The third-order valence-corrected chi connectivity index (χ3v) is 5.35. The van der Waals surface area contributed by atoms with Gasteiger partial charge in [0.05, 0.1) is 7.11 Å². The molecule has 5 nitrogen and oxygen atoms in total. The molecule has 1 fully saturated rings. The predicted molar refractivity (Wildman–Crippen MR) is 116 cm³/mol. The van der Waals surface area contributed by atoms with Crippen LogP contribution in [-0.4, -0.2) is 39.3 Å². The highest BCUT2D eigenvalue weighted by Gasteiger charge is 2.23. The number of amides is 1. The summed E-state index contributed by atoms with van der Waals surface area (Å²) in [6.07, 6.45) is 4.04. The van der Waals surface area contributed by atoms with Crippen molar-refractivity contribution >= 4 is 33.6 Å². The number of ether oxygens (including phenoxy) is 2. The standard InChI is InChI=1S/C22H23BrF2N2O3/c1-29-20-11-15(5-7-19(20)30-22(24)25)6-8-21(28)26-13-16-9-10-27(14-16)18-4-2-3-17(23)12-18/h2-8,11-12,16,22H,9-10,13-14H2,1H3,(H,26,28)/b8-6+. The molecule has 2 aromatic carbocycles. The fraction of sp³-hybridized carbons (Fsp3) is 0.318. The van der Waals surface area contributed by atoms with E-state index in [2.05, 4.69) is 43.0 Å². The molecule has 30 heavy (non-hydrogen) atoms. The highest BCUT2D eigenvalue weighted by molar-refractivity contribution is 9.10. The second kappa shape index (κ2) is 10.4. The maximum Gasteiger partial charge on any atom is 0.387 e. The quantitative estimate of drug-likeness (QED) is 0.555. The second-order valence-electron chi connectivity index (χ2n) is 6.95. The first-order chi connectivity index (χ1) is 14.4. The zero-order chi connectivity index (χ0) is 21.5. The van der Waals surface area contributed by atoms with Crippen molar-refractivity contribution in [2.45, 2.75) is 13.0 Å². The lowest BCUT2D eigenvalue weighted by molar-refractivity contribution is -0.116. The Balaban J connectivity index is 1.49. The lowest BCUT2D eigenvalue weighted by atomic mass is 10.1. The van der Waals surface area contributed by atoms with Crippen LogP contribution in [0.15, 0.2) is 53.0 Å². The summed E-state index contributed by atoms with van der Waals surface area (Å²) in [7, 11) is 1.37. The topological polar surface area (TPSA) is 50.8 Å². The maximum atomic E-state index is 12.4. The first-order valence-electron chi connectivity index (χ1n) is 9.54. The minimum Gasteiger partial charge on any atom is -0.493 e. The highest BCUT2D eigenvalue weighted by atomic mass is 79.9. The second-order valence-corrected chi connectivity index (χ2v) is 7.86. The van der Waals surface area contributed by atoms with E-state index in [1.165, 1.54) is 31.0 Å². The largest absolute Gasteiger partial charge is 0.493 e. The fourth-order valence-corrected chi connectivity index (χ4v) is 3.75. The van der Waals surface area contributed by atoms with E-state index in [9.17, 15) is 13.6 Å². The molecule has 0 radical (unpaired) electrons. The van der Waals surface area contributed by atoms with E-state index in [0.29, 0.717) is 18.0 Å². The first-order valence-corrected chi connectivity index (χ1v) is 10.3. The average molecular weight is 481 g/mol. The van der Waals surface area contributed by atoms with E-state index in [1.807, 2.05) is 12.1 Å². The summed E-state index contributed by atoms with van der Waals surface area (Å²) in [5, 5.41) is 2.93. The minimum atomic E-state index is -2.93. The van der Waals surface area contributed by atoms with Gasteiger partial charge in [-0.2, -0.15) is 8.78 Å². The molecule has 8 heteroatoms. The van der Waals surface area contributed by atoms with Crippen LogP contribution in [0.3, 0.4) is 0 Å². The van der Waals surface area contributed by atoms with Crippen molar-refractivity contribution < 1.29 is 23.0 Å². The van der Waals surface area contributed by atoms with Crippen molar-refractivity contribution in [2.75, 3.05) is 31.6 Å². The molecule has 1 unspecified atom stereocenters. The maximum absolute atomic E-state index is 12.4. The number of hydrogen-bond acceptors (Lipinski definition) is 4. The summed E-state index contributed by atoms with van der Waals surface area (Å²) in [5.74, 6) is 0.303. The number of benzene rings is 2. The molecule has 1 heterocycles. The predicted octanol–water partition coefficient (Wildman–Crippen LogP) is 4.72. The Hall–Kier alpha value is -2.61. The van der Waals surface area contributed by atoms with Gasteiger partial charge in [-0.3, -0.25) is 4.79 Å². The summed E-state index contributed by atoms with van der Waals surface area (Å²) < 4.78 is 35.3. The first kappa shape index (κ1) is 22.1. The number of alkyl halides is 2. The van der Waals surface area contributed by atoms with E-state index >= 15 is 0 Å². The Bertz CT molecular complexity index is 908. The zero-order valence-corrected chi connectivity index (χ0v) is 18.1. The van der Waals surface area contributed by atoms with Crippen LogP contribution in [0.4, 0.5) is 14.5 Å². The summed E-state index contributed by atoms with van der Waals surface area (Å²) in [6.45, 7) is -0.484. The summed E-state index contributed by atoms with van der Waals surface area (Å²) in [6, 6.07) is 12.7. The number of anilines is 1. The van der Waals surface area contributed by atoms with Crippen molar-refractivity contribution in [3.8, 4) is 11.5 Å². The number of nitrogens with zero attached hydrogens (tertiary/aromatic N) is 1. The molecule has 1 amide bonds. The van der Waals surface area contributed by atoms with Crippen LogP contribution in [0.5, 0.6) is 11.5 Å². The lowest BCUT2D eigenvalue weighted by Gasteiger charge is -2.19. The van der Waals surface area contributed by atoms with Crippen LogP contribution in [0.2, 0.25) is 0 Å². The monoisotopic (exact) mass is 480 g/mol. The van der Waals surface area contributed by atoms with Gasteiger partial charge in [-0.15, -0.1) is 0 Å². The fourth-order valence-electron chi connectivity index (χ4n) is 3.36. The van der Waals surface area contributed by atoms with E-state index < -0.39 is 6.61 Å². The Morgan fingerprint density at radius 1 is 1.30 bits per heavy atom. The SMILES string of the molecule is COc1cc(/C=C/C(=O)NCC2CCN(c3cccc(Br)c3)C2)ccc1OC(F)F. The molecule has 0 spiro atoms. The van der Waals surface area contributed by atoms with Crippen LogP contribution >= 0.6 is 15.9 Å². The smallest absolute Gasteiger partial charge is 0.387 e. The third-order valence-electron chi connectivity index (χ3n) is 4.86. The highest BCUT2D eigenvalue weighted by Crippen LogP contribution is 2.30. The molecule has 0 bridgehead atoms.